The van der Waals surface area contributed by atoms with Crippen LogP contribution in [0.3, 0.4) is 0 Å². The zero-order chi connectivity index (χ0) is 24.2. The molecule has 0 bridgehead atoms. The Hall–Kier alpha value is -3.48. The SMILES string of the molecule is CC(C)[C@@H]1C(=O)N[C@@H](c2ccc3c(c2)OCO3)C/C=C\C[C@@H](C)Oc2ccccc2C(=O)N1C. The Bertz CT molecular complexity index is 1080. The molecule has 3 atom stereocenters. The summed E-state index contributed by atoms with van der Waals surface area (Å²) in [7, 11) is 1.67. The third-order valence-corrected chi connectivity index (χ3v) is 6.21. The van der Waals surface area contributed by atoms with E-state index in [0.717, 1.165) is 5.56 Å². The standard InChI is InChI=1S/C27H32N2O5/c1-17(2)25-26(30)28-21(19-13-14-23-24(15-19)33-16-32-23)11-7-5-9-18(3)34-22-12-8-6-10-20(22)27(31)29(25)4/h5-8,10,12-15,17-18,21,25H,9,11,16H2,1-4H3,(H,28,30)/b7-5-/t18-,21-,25-/m1/s1. The van der Waals surface area contributed by atoms with E-state index >= 15 is 0 Å². The lowest BCUT2D eigenvalue weighted by Crippen LogP contribution is -2.51. The van der Waals surface area contributed by atoms with Crippen LogP contribution in [0.2, 0.25) is 0 Å². The van der Waals surface area contributed by atoms with Gasteiger partial charge in [-0.2, -0.15) is 0 Å². The molecule has 180 valence electrons. The number of likely N-dealkylation sites (N-methyl/N-ethyl adjacent to an activating group) is 1. The number of amides is 2. The van der Waals surface area contributed by atoms with Crippen LogP contribution in [0.4, 0.5) is 0 Å². The number of nitrogens with zero attached hydrogens (tertiary/aromatic N) is 1. The van der Waals surface area contributed by atoms with E-state index in [1.165, 1.54) is 4.90 Å². The van der Waals surface area contributed by atoms with Gasteiger partial charge in [0.1, 0.15) is 11.8 Å². The number of para-hydroxylation sites is 1. The van der Waals surface area contributed by atoms with Crippen molar-refractivity contribution in [2.45, 2.75) is 51.8 Å². The summed E-state index contributed by atoms with van der Waals surface area (Å²) in [6, 6.07) is 12.0. The van der Waals surface area contributed by atoms with Gasteiger partial charge in [0.05, 0.1) is 17.7 Å². The number of nitrogens with one attached hydrogen (secondary N) is 1. The highest BCUT2D eigenvalue weighted by Gasteiger charge is 2.33. The van der Waals surface area contributed by atoms with Gasteiger partial charge in [0.15, 0.2) is 11.5 Å². The molecule has 4 rings (SSSR count). The lowest BCUT2D eigenvalue weighted by Gasteiger charge is -2.32. The third kappa shape index (κ3) is 5.03. The van der Waals surface area contributed by atoms with Crippen LogP contribution in [0.15, 0.2) is 54.6 Å². The van der Waals surface area contributed by atoms with E-state index in [-0.39, 0.29) is 36.7 Å². The van der Waals surface area contributed by atoms with Crippen molar-refractivity contribution in [3.8, 4) is 17.2 Å². The molecule has 34 heavy (non-hydrogen) atoms. The maximum Gasteiger partial charge on any atom is 0.258 e. The monoisotopic (exact) mass is 464 g/mol. The van der Waals surface area contributed by atoms with Gasteiger partial charge in [0, 0.05) is 13.5 Å². The summed E-state index contributed by atoms with van der Waals surface area (Å²) in [5, 5.41) is 3.18. The van der Waals surface area contributed by atoms with Gasteiger partial charge in [-0.1, -0.05) is 44.2 Å². The zero-order valence-electron chi connectivity index (χ0n) is 20.1. The lowest BCUT2D eigenvalue weighted by atomic mass is 9.97. The fraction of sp³-hybridized carbons (Fsp3) is 0.407. The van der Waals surface area contributed by atoms with Crippen LogP contribution >= 0.6 is 0 Å². The second-order valence-corrected chi connectivity index (χ2v) is 9.15. The second-order valence-electron chi connectivity index (χ2n) is 9.15. The van der Waals surface area contributed by atoms with E-state index in [9.17, 15) is 9.59 Å². The molecule has 2 aliphatic rings. The average Bonchev–Trinajstić information content (AvgIpc) is 3.28. The fourth-order valence-electron chi connectivity index (χ4n) is 4.44. The van der Waals surface area contributed by atoms with Gasteiger partial charge in [-0.25, -0.2) is 0 Å². The number of fused-ring (bicyclic) bond motifs is 2. The van der Waals surface area contributed by atoms with Crippen molar-refractivity contribution in [3.63, 3.8) is 0 Å². The number of ether oxygens (including phenoxy) is 3. The van der Waals surface area contributed by atoms with Crippen LogP contribution in [0.1, 0.15) is 55.6 Å². The topological polar surface area (TPSA) is 77.1 Å². The van der Waals surface area contributed by atoms with Gasteiger partial charge in [-0.05, 0) is 49.1 Å². The van der Waals surface area contributed by atoms with E-state index in [0.29, 0.717) is 35.7 Å². The van der Waals surface area contributed by atoms with Gasteiger partial charge >= 0.3 is 0 Å². The van der Waals surface area contributed by atoms with Crippen molar-refractivity contribution in [1.29, 1.82) is 0 Å². The second kappa shape index (κ2) is 10.2. The minimum atomic E-state index is -0.651. The third-order valence-electron chi connectivity index (χ3n) is 6.21. The molecule has 7 nitrogen and oxygen atoms in total. The van der Waals surface area contributed by atoms with Crippen molar-refractivity contribution in [1.82, 2.24) is 10.2 Å². The summed E-state index contributed by atoms with van der Waals surface area (Å²) in [5.74, 6) is 1.35. The Labute approximate surface area is 200 Å². The lowest BCUT2D eigenvalue weighted by molar-refractivity contribution is -0.127. The minimum Gasteiger partial charge on any atom is -0.490 e. The maximum absolute atomic E-state index is 13.5. The van der Waals surface area contributed by atoms with Crippen molar-refractivity contribution in [2.24, 2.45) is 5.92 Å². The summed E-state index contributed by atoms with van der Waals surface area (Å²) in [5.41, 5.74) is 1.36. The highest BCUT2D eigenvalue weighted by atomic mass is 16.7. The molecule has 2 aromatic rings. The van der Waals surface area contributed by atoms with Crippen LogP contribution in [0.5, 0.6) is 17.2 Å². The van der Waals surface area contributed by atoms with Crippen LogP contribution in [0, 0.1) is 5.92 Å². The fourth-order valence-corrected chi connectivity index (χ4v) is 4.44. The molecular formula is C27H32N2O5. The molecule has 0 unspecified atom stereocenters. The Morgan fingerprint density at radius 3 is 2.50 bits per heavy atom. The molecule has 0 aliphatic carbocycles. The summed E-state index contributed by atoms with van der Waals surface area (Å²) < 4.78 is 17.1. The van der Waals surface area contributed by atoms with Crippen molar-refractivity contribution in [2.75, 3.05) is 13.8 Å². The first-order chi connectivity index (χ1) is 16.3. The summed E-state index contributed by atoms with van der Waals surface area (Å²) in [6.07, 6.45) is 5.27. The highest BCUT2D eigenvalue weighted by molar-refractivity contribution is 5.99. The first-order valence-electron chi connectivity index (χ1n) is 11.7. The average molecular weight is 465 g/mol. The number of hydrogen-bond acceptors (Lipinski definition) is 5. The predicted octanol–water partition coefficient (Wildman–Crippen LogP) is 4.49. The molecule has 0 fully saturated rings. The number of carbonyl (C=O) groups excluding carboxylic acids is 2. The summed E-state index contributed by atoms with van der Waals surface area (Å²) >= 11 is 0. The van der Waals surface area contributed by atoms with Crippen molar-refractivity contribution >= 4 is 11.8 Å². The van der Waals surface area contributed by atoms with Crippen LogP contribution in [-0.4, -0.2) is 42.7 Å². The van der Waals surface area contributed by atoms with E-state index in [1.54, 1.807) is 19.2 Å². The number of rotatable bonds is 2. The van der Waals surface area contributed by atoms with Gasteiger partial charge in [0.2, 0.25) is 12.7 Å². The molecule has 7 heteroatoms. The van der Waals surface area contributed by atoms with Gasteiger partial charge < -0.3 is 24.4 Å². The Morgan fingerprint density at radius 2 is 1.71 bits per heavy atom. The number of carbonyl (C=O) groups is 2. The van der Waals surface area contributed by atoms with Crippen LogP contribution < -0.4 is 19.5 Å². The zero-order valence-corrected chi connectivity index (χ0v) is 20.1. The van der Waals surface area contributed by atoms with E-state index in [4.69, 9.17) is 14.2 Å². The Balaban J connectivity index is 1.69. The molecule has 2 amide bonds. The normalized spacial score (nSPS) is 24.1. The largest absolute Gasteiger partial charge is 0.490 e. The molecule has 1 N–H and O–H groups in total. The highest BCUT2D eigenvalue weighted by Crippen LogP contribution is 2.35. The molecule has 2 heterocycles. The minimum absolute atomic E-state index is 0.0955. The van der Waals surface area contributed by atoms with Crippen molar-refractivity contribution in [3.05, 3.63) is 65.7 Å². The quantitative estimate of drug-likeness (QED) is 0.663. The maximum atomic E-state index is 13.5. The Kier molecular flexibility index (Phi) is 7.10. The molecule has 0 saturated carbocycles. The molecule has 2 aliphatic heterocycles. The molecular weight excluding hydrogens is 432 g/mol. The number of hydrogen-bond donors (Lipinski definition) is 1. The molecule has 0 aromatic heterocycles. The number of benzene rings is 2. The first-order valence-corrected chi connectivity index (χ1v) is 11.7. The van der Waals surface area contributed by atoms with E-state index in [1.807, 2.05) is 51.1 Å². The Morgan fingerprint density at radius 1 is 0.971 bits per heavy atom. The summed E-state index contributed by atoms with van der Waals surface area (Å²) in [6.45, 7) is 6.06. The first kappa shape index (κ1) is 23.7. The molecule has 0 saturated heterocycles. The summed E-state index contributed by atoms with van der Waals surface area (Å²) in [4.78, 5) is 28.5. The van der Waals surface area contributed by atoms with Crippen LogP contribution in [-0.2, 0) is 4.79 Å². The van der Waals surface area contributed by atoms with Gasteiger partial charge in [-0.3, -0.25) is 9.59 Å². The van der Waals surface area contributed by atoms with E-state index in [2.05, 4.69) is 17.5 Å². The smallest absolute Gasteiger partial charge is 0.258 e. The predicted molar refractivity (Wildman–Crippen MR) is 129 cm³/mol. The van der Waals surface area contributed by atoms with Gasteiger partial charge in [-0.15, -0.1) is 0 Å². The molecule has 0 radical (unpaired) electrons. The molecule has 0 spiro atoms. The van der Waals surface area contributed by atoms with Crippen LogP contribution in [0.25, 0.3) is 0 Å². The van der Waals surface area contributed by atoms with Gasteiger partial charge in [0.25, 0.3) is 5.91 Å². The van der Waals surface area contributed by atoms with E-state index < -0.39 is 6.04 Å². The molecule has 2 aromatic carbocycles. The van der Waals surface area contributed by atoms with Crippen molar-refractivity contribution < 1.29 is 23.8 Å².